The third kappa shape index (κ3) is 3.30. The predicted octanol–water partition coefficient (Wildman–Crippen LogP) is 4.82. The van der Waals surface area contributed by atoms with Crippen LogP contribution in [0.2, 0.25) is 0 Å². The van der Waals surface area contributed by atoms with E-state index in [-0.39, 0.29) is 23.5 Å². The van der Waals surface area contributed by atoms with Crippen molar-refractivity contribution >= 4 is 5.97 Å². The van der Waals surface area contributed by atoms with Crippen molar-refractivity contribution in [2.45, 2.75) is 18.6 Å². The number of fused-ring (bicyclic) bond motifs is 3. The molecule has 3 aliphatic heterocycles. The molecular weight excluding hydrogens is 472 g/mol. The molecular formula is C27H23F2NO6. The molecule has 3 aromatic carbocycles. The first kappa shape index (κ1) is 22.6. The van der Waals surface area contributed by atoms with Crippen molar-refractivity contribution in [3.63, 3.8) is 0 Å². The van der Waals surface area contributed by atoms with Crippen LogP contribution in [0.1, 0.15) is 39.2 Å². The van der Waals surface area contributed by atoms with E-state index in [1.165, 1.54) is 19.2 Å². The maximum atomic E-state index is 14.1. The zero-order valence-electron chi connectivity index (χ0n) is 19.9. The highest BCUT2D eigenvalue weighted by Gasteiger charge is 2.46. The lowest BCUT2D eigenvalue weighted by Gasteiger charge is -2.38. The third-order valence-electron chi connectivity index (χ3n) is 7.05. The van der Waals surface area contributed by atoms with Crippen LogP contribution in [0.5, 0.6) is 23.0 Å². The van der Waals surface area contributed by atoms with Crippen molar-refractivity contribution in [2.24, 2.45) is 0 Å². The summed E-state index contributed by atoms with van der Waals surface area (Å²) >= 11 is 0. The summed E-state index contributed by atoms with van der Waals surface area (Å²) in [4.78, 5) is 15.5. The van der Waals surface area contributed by atoms with E-state index < -0.39 is 29.7 Å². The summed E-state index contributed by atoms with van der Waals surface area (Å²) in [6.45, 7) is 0.811. The van der Waals surface area contributed by atoms with E-state index in [4.69, 9.17) is 23.7 Å². The summed E-state index contributed by atoms with van der Waals surface area (Å²) in [6.07, 6.45) is 0.0492. The lowest BCUT2D eigenvalue weighted by molar-refractivity contribution is 0.00884. The van der Waals surface area contributed by atoms with Crippen LogP contribution in [-0.4, -0.2) is 45.5 Å². The molecule has 0 spiro atoms. The highest BCUT2D eigenvalue weighted by molar-refractivity contribution is 6.03. The number of nitrogens with zero attached hydrogens (tertiary/aromatic N) is 1. The second kappa shape index (κ2) is 8.37. The first-order chi connectivity index (χ1) is 17.4. The summed E-state index contributed by atoms with van der Waals surface area (Å²) in [5.41, 5.74) is 3.18. The van der Waals surface area contributed by atoms with Crippen LogP contribution in [0.3, 0.4) is 0 Å². The standard InChI is InChI=1S/C27H23F2NO6/c1-30-7-6-13-10-19-25(35-12-34-19)26(33-3)21(13)23(30)24-17-4-5-18(32-2)20(22(17)27(31)36-24)14-8-15(28)11-16(29)9-14/h4-5,8-11,23-24H,6-7,12H2,1-3H3/t23-,24?/m1/s1. The average molecular weight is 495 g/mol. The van der Waals surface area contributed by atoms with Crippen LogP contribution in [0.15, 0.2) is 36.4 Å². The molecule has 0 bridgehead atoms. The molecule has 0 amide bonds. The van der Waals surface area contributed by atoms with E-state index in [9.17, 15) is 13.6 Å². The fourth-order valence-corrected chi connectivity index (χ4v) is 5.53. The second-order valence-electron chi connectivity index (χ2n) is 8.98. The zero-order chi connectivity index (χ0) is 25.1. The first-order valence-corrected chi connectivity index (χ1v) is 11.5. The number of hydrogen-bond donors (Lipinski definition) is 0. The van der Waals surface area contributed by atoms with Crippen LogP contribution >= 0.6 is 0 Å². The maximum absolute atomic E-state index is 14.1. The van der Waals surface area contributed by atoms with Crippen molar-refractivity contribution in [1.82, 2.24) is 4.90 Å². The van der Waals surface area contributed by atoms with Crippen molar-refractivity contribution in [2.75, 3.05) is 34.6 Å². The van der Waals surface area contributed by atoms with Gasteiger partial charge in [0.05, 0.1) is 25.8 Å². The minimum Gasteiger partial charge on any atom is -0.496 e. The minimum absolute atomic E-state index is 0.101. The van der Waals surface area contributed by atoms with Crippen molar-refractivity contribution < 1.29 is 37.3 Å². The highest BCUT2D eigenvalue weighted by Crippen LogP contribution is 2.55. The van der Waals surface area contributed by atoms with Gasteiger partial charge in [0, 0.05) is 29.3 Å². The lowest BCUT2D eigenvalue weighted by atomic mass is 9.84. The number of methoxy groups -OCH3 is 2. The molecule has 3 aliphatic rings. The van der Waals surface area contributed by atoms with Gasteiger partial charge in [-0.05, 0) is 48.9 Å². The number of likely N-dealkylation sites (N-methyl/N-ethyl adjacent to an activating group) is 1. The Morgan fingerprint density at radius 2 is 1.78 bits per heavy atom. The van der Waals surface area contributed by atoms with Gasteiger partial charge in [0.15, 0.2) is 11.5 Å². The number of hydrogen-bond acceptors (Lipinski definition) is 7. The molecule has 2 atom stereocenters. The number of esters is 1. The lowest BCUT2D eigenvalue weighted by Crippen LogP contribution is -2.36. The van der Waals surface area contributed by atoms with E-state index in [0.29, 0.717) is 35.1 Å². The molecule has 0 aromatic heterocycles. The zero-order valence-corrected chi connectivity index (χ0v) is 19.9. The average Bonchev–Trinajstić information content (AvgIpc) is 3.45. The molecule has 6 rings (SSSR count). The van der Waals surface area contributed by atoms with E-state index >= 15 is 0 Å². The fraction of sp³-hybridized carbons (Fsp3) is 0.296. The van der Waals surface area contributed by atoms with Gasteiger partial charge in [-0.2, -0.15) is 0 Å². The van der Waals surface area contributed by atoms with Gasteiger partial charge in [0.25, 0.3) is 0 Å². The van der Waals surface area contributed by atoms with Crippen LogP contribution < -0.4 is 18.9 Å². The molecule has 0 N–H and O–H groups in total. The van der Waals surface area contributed by atoms with Crippen molar-refractivity contribution in [1.29, 1.82) is 0 Å². The Hall–Kier alpha value is -3.85. The van der Waals surface area contributed by atoms with Gasteiger partial charge in [-0.25, -0.2) is 13.6 Å². The Kier molecular flexibility index (Phi) is 5.26. The van der Waals surface area contributed by atoms with Crippen molar-refractivity contribution in [3.05, 3.63) is 70.3 Å². The van der Waals surface area contributed by atoms with Crippen LogP contribution in [0, 0.1) is 11.6 Å². The number of benzene rings is 3. The van der Waals surface area contributed by atoms with Crippen LogP contribution in [-0.2, 0) is 11.2 Å². The Morgan fingerprint density at radius 1 is 1.00 bits per heavy atom. The van der Waals surface area contributed by atoms with E-state index in [1.807, 2.05) is 13.1 Å². The van der Waals surface area contributed by atoms with Gasteiger partial charge in [-0.3, -0.25) is 4.90 Å². The second-order valence-corrected chi connectivity index (χ2v) is 8.98. The molecule has 3 heterocycles. The Bertz CT molecular complexity index is 1390. The number of carbonyl (C=O) groups excluding carboxylic acids is 1. The number of rotatable bonds is 4. The van der Waals surface area contributed by atoms with Crippen LogP contribution in [0.25, 0.3) is 11.1 Å². The number of halogens is 2. The minimum atomic E-state index is -0.755. The van der Waals surface area contributed by atoms with E-state index in [2.05, 4.69) is 4.90 Å². The molecule has 0 fully saturated rings. The molecule has 186 valence electrons. The quantitative estimate of drug-likeness (QED) is 0.481. The fourth-order valence-electron chi connectivity index (χ4n) is 5.53. The molecule has 1 unspecified atom stereocenters. The third-order valence-corrected chi connectivity index (χ3v) is 7.05. The van der Waals surface area contributed by atoms with Gasteiger partial charge >= 0.3 is 5.97 Å². The molecule has 0 aliphatic carbocycles. The highest BCUT2D eigenvalue weighted by atomic mass is 19.1. The van der Waals surface area contributed by atoms with Crippen molar-refractivity contribution in [3.8, 4) is 34.1 Å². The number of carbonyl (C=O) groups is 1. The molecule has 7 nitrogen and oxygen atoms in total. The topological polar surface area (TPSA) is 66.5 Å². The van der Waals surface area contributed by atoms with Gasteiger partial charge in [-0.15, -0.1) is 0 Å². The molecule has 9 heteroatoms. The summed E-state index contributed by atoms with van der Waals surface area (Å²) < 4.78 is 56.8. The maximum Gasteiger partial charge on any atom is 0.340 e. The van der Waals surface area contributed by atoms with Gasteiger partial charge < -0.3 is 23.7 Å². The summed E-state index contributed by atoms with van der Waals surface area (Å²) in [5, 5.41) is 0. The smallest absolute Gasteiger partial charge is 0.340 e. The van der Waals surface area contributed by atoms with E-state index in [1.54, 1.807) is 19.2 Å². The molecule has 3 aromatic rings. The summed E-state index contributed by atoms with van der Waals surface area (Å²) in [6, 6.07) is 8.14. The Labute approximate surface area is 206 Å². The summed E-state index contributed by atoms with van der Waals surface area (Å²) in [7, 11) is 4.96. The molecule has 36 heavy (non-hydrogen) atoms. The monoisotopic (exact) mass is 495 g/mol. The first-order valence-electron chi connectivity index (χ1n) is 11.5. The Morgan fingerprint density at radius 3 is 2.50 bits per heavy atom. The molecule has 0 saturated heterocycles. The predicted molar refractivity (Wildman–Crippen MR) is 125 cm³/mol. The molecule has 0 saturated carbocycles. The number of cyclic esters (lactones) is 1. The normalized spacial score (nSPS) is 20.1. The largest absolute Gasteiger partial charge is 0.496 e. The summed E-state index contributed by atoms with van der Waals surface area (Å²) in [5.74, 6) is -0.0984. The van der Waals surface area contributed by atoms with Gasteiger partial charge in [0.2, 0.25) is 12.5 Å². The van der Waals surface area contributed by atoms with Crippen LogP contribution in [0.4, 0.5) is 8.78 Å². The number of ether oxygens (including phenoxy) is 5. The van der Waals surface area contributed by atoms with Gasteiger partial charge in [0.1, 0.15) is 23.5 Å². The van der Waals surface area contributed by atoms with Gasteiger partial charge in [-0.1, -0.05) is 6.07 Å². The Balaban J connectivity index is 1.55. The molecule has 0 radical (unpaired) electrons. The SMILES string of the molecule is COc1ccc2c(c1-c1cc(F)cc(F)c1)C(=O)OC2[C@H]1c2c(cc3c(c2OC)OCO3)CCN1C. The van der Waals surface area contributed by atoms with E-state index in [0.717, 1.165) is 23.6 Å².